The van der Waals surface area contributed by atoms with E-state index in [1.807, 2.05) is 19.1 Å². The van der Waals surface area contributed by atoms with Crippen LogP contribution in [-0.2, 0) is 0 Å². The summed E-state index contributed by atoms with van der Waals surface area (Å²) in [6.45, 7) is 3.90. The summed E-state index contributed by atoms with van der Waals surface area (Å²) in [6, 6.07) is 14.3. The molecule has 0 amide bonds. The Labute approximate surface area is 157 Å². The Morgan fingerprint density at radius 3 is 2.52 bits per heavy atom. The molecule has 1 aliphatic heterocycles. The summed E-state index contributed by atoms with van der Waals surface area (Å²) in [6.07, 6.45) is 4.15. The highest BCUT2D eigenvalue weighted by atomic mass is 16.4. The third kappa shape index (κ3) is 2.65. The van der Waals surface area contributed by atoms with Gasteiger partial charge in [0.05, 0.1) is 17.4 Å². The number of nitrogen functional groups attached to an aromatic ring is 1. The van der Waals surface area contributed by atoms with Gasteiger partial charge in [-0.25, -0.2) is 9.97 Å². The van der Waals surface area contributed by atoms with Crippen molar-refractivity contribution < 1.29 is 4.42 Å². The van der Waals surface area contributed by atoms with Crippen LogP contribution in [-0.4, -0.2) is 27.6 Å². The number of nitrogens with zero attached hydrogens (tertiary/aromatic N) is 4. The number of para-hydroxylation sites is 1. The molecule has 2 N–H and O–H groups in total. The molecule has 2 aromatic heterocycles. The van der Waals surface area contributed by atoms with Crippen molar-refractivity contribution >= 4 is 22.7 Å². The second kappa shape index (κ2) is 6.16. The number of fused-ring (bicyclic) bond motifs is 1. The van der Waals surface area contributed by atoms with Crippen LogP contribution in [0, 0.1) is 6.92 Å². The van der Waals surface area contributed by atoms with Gasteiger partial charge in [0.25, 0.3) is 0 Å². The van der Waals surface area contributed by atoms with Gasteiger partial charge >= 0.3 is 0 Å². The molecule has 1 fully saturated rings. The molecule has 0 radical (unpaired) electrons. The minimum atomic E-state index is 0.668. The average molecular weight is 359 g/mol. The van der Waals surface area contributed by atoms with E-state index >= 15 is 0 Å². The molecule has 3 heterocycles. The number of oxazole rings is 1. The number of benzene rings is 2. The number of hydrogen-bond acceptors (Lipinski definition) is 5. The second-order valence-corrected chi connectivity index (χ2v) is 6.95. The lowest BCUT2D eigenvalue weighted by molar-refractivity contribution is 0.534. The number of nitrogens with two attached hydrogens (primary N) is 1. The normalized spacial score (nSPS) is 14.3. The van der Waals surface area contributed by atoms with E-state index in [1.54, 1.807) is 6.20 Å². The summed E-state index contributed by atoms with van der Waals surface area (Å²) in [7, 11) is 0. The molecule has 0 spiro atoms. The molecule has 4 aromatic rings. The predicted octanol–water partition coefficient (Wildman–Crippen LogP) is 4.17. The molecule has 1 aliphatic rings. The molecule has 0 aliphatic carbocycles. The standard InChI is InChI=1S/C21H21N5O/c1-14-23-13-19(27-14)15-7-9-16(10-8-15)26-18-6-4-5-17(22)20(18)24-21(26)25-11-2-3-12-25/h4-10,13H,2-3,11-12,22H2,1H3. The summed E-state index contributed by atoms with van der Waals surface area (Å²) in [5.74, 6) is 2.41. The van der Waals surface area contributed by atoms with Crippen molar-refractivity contribution in [1.82, 2.24) is 14.5 Å². The summed E-state index contributed by atoms with van der Waals surface area (Å²) in [5, 5.41) is 0. The Bertz CT molecular complexity index is 1100. The lowest BCUT2D eigenvalue weighted by Crippen LogP contribution is -2.21. The SMILES string of the molecule is Cc1ncc(-c2ccc(-n3c(N4CCCC4)nc4c(N)cccc43)cc2)o1. The molecule has 5 rings (SSSR count). The van der Waals surface area contributed by atoms with Crippen molar-refractivity contribution in [3.8, 4) is 17.0 Å². The highest BCUT2D eigenvalue weighted by Gasteiger charge is 2.22. The van der Waals surface area contributed by atoms with Crippen molar-refractivity contribution in [1.29, 1.82) is 0 Å². The molecule has 0 unspecified atom stereocenters. The fourth-order valence-electron chi connectivity index (χ4n) is 3.76. The monoisotopic (exact) mass is 359 g/mol. The van der Waals surface area contributed by atoms with Crippen LogP contribution in [0.4, 0.5) is 11.6 Å². The molecule has 136 valence electrons. The Morgan fingerprint density at radius 1 is 1.04 bits per heavy atom. The third-order valence-corrected chi connectivity index (χ3v) is 5.12. The van der Waals surface area contributed by atoms with Gasteiger partial charge in [0.15, 0.2) is 11.7 Å². The van der Waals surface area contributed by atoms with Crippen molar-refractivity contribution in [3.63, 3.8) is 0 Å². The zero-order valence-electron chi connectivity index (χ0n) is 15.2. The molecule has 6 heteroatoms. The van der Waals surface area contributed by atoms with Crippen molar-refractivity contribution in [2.24, 2.45) is 0 Å². The van der Waals surface area contributed by atoms with Crippen LogP contribution in [0.5, 0.6) is 0 Å². The van der Waals surface area contributed by atoms with Gasteiger partial charge < -0.3 is 15.1 Å². The van der Waals surface area contributed by atoms with Gasteiger partial charge in [0.1, 0.15) is 5.52 Å². The lowest BCUT2D eigenvalue weighted by Gasteiger charge is -2.18. The first-order valence-electron chi connectivity index (χ1n) is 9.26. The van der Waals surface area contributed by atoms with Crippen LogP contribution < -0.4 is 10.6 Å². The Balaban J connectivity index is 1.65. The molecule has 0 bridgehead atoms. The fourth-order valence-corrected chi connectivity index (χ4v) is 3.76. The molecule has 1 saturated heterocycles. The predicted molar refractivity (Wildman–Crippen MR) is 107 cm³/mol. The maximum absolute atomic E-state index is 6.20. The van der Waals surface area contributed by atoms with E-state index < -0.39 is 0 Å². The quantitative estimate of drug-likeness (QED) is 0.556. The minimum absolute atomic E-state index is 0.668. The number of rotatable bonds is 3. The first-order valence-corrected chi connectivity index (χ1v) is 9.26. The average Bonchev–Trinajstić information content (AvgIpc) is 3.41. The summed E-state index contributed by atoms with van der Waals surface area (Å²) in [5.41, 5.74) is 10.9. The number of imidazole rings is 1. The van der Waals surface area contributed by atoms with E-state index in [9.17, 15) is 0 Å². The maximum Gasteiger partial charge on any atom is 0.211 e. The Hall–Kier alpha value is -3.28. The van der Waals surface area contributed by atoms with Crippen molar-refractivity contribution in [3.05, 3.63) is 54.6 Å². The summed E-state index contributed by atoms with van der Waals surface area (Å²) < 4.78 is 7.84. The van der Waals surface area contributed by atoms with Gasteiger partial charge in [0, 0.05) is 31.3 Å². The van der Waals surface area contributed by atoms with E-state index in [1.165, 1.54) is 12.8 Å². The van der Waals surface area contributed by atoms with Crippen LogP contribution in [0.25, 0.3) is 28.0 Å². The van der Waals surface area contributed by atoms with E-state index in [0.717, 1.165) is 47.1 Å². The van der Waals surface area contributed by atoms with Crippen LogP contribution in [0.15, 0.2) is 53.1 Å². The van der Waals surface area contributed by atoms with Gasteiger partial charge in [-0.1, -0.05) is 6.07 Å². The first-order chi connectivity index (χ1) is 13.2. The zero-order valence-corrected chi connectivity index (χ0v) is 15.2. The van der Waals surface area contributed by atoms with E-state index in [0.29, 0.717) is 11.6 Å². The van der Waals surface area contributed by atoms with Gasteiger partial charge in [-0.05, 0) is 49.2 Å². The topological polar surface area (TPSA) is 73.1 Å². The van der Waals surface area contributed by atoms with Crippen LogP contribution in [0.1, 0.15) is 18.7 Å². The van der Waals surface area contributed by atoms with Crippen LogP contribution >= 0.6 is 0 Å². The number of aryl methyl sites for hydroxylation is 1. The minimum Gasteiger partial charge on any atom is -0.441 e. The molecule has 0 atom stereocenters. The maximum atomic E-state index is 6.20. The van der Waals surface area contributed by atoms with Gasteiger partial charge in [0.2, 0.25) is 5.95 Å². The number of anilines is 2. The molecule has 2 aromatic carbocycles. The van der Waals surface area contributed by atoms with Gasteiger partial charge in [-0.3, -0.25) is 4.57 Å². The molecular weight excluding hydrogens is 338 g/mol. The zero-order chi connectivity index (χ0) is 18.4. The highest BCUT2D eigenvalue weighted by Crippen LogP contribution is 2.32. The fraction of sp³-hybridized carbons (Fsp3) is 0.238. The highest BCUT2D eigenvalue weighted by molar-refractivity contribution is 5.91. The van der Waals surface area contributed by atoms with Crippen molar-refractivity contribution in [2.75, 3.05) is 23.7 Å². The molecule has 27 heavy (non-hydrogen) atoms. The van der Waals surface area contributed by atoms with Crippen LogP contribution in [0.2, 0.25) is 0 Å². The summed E-state index contributed by atoms with van der Waals surface area (Å²) >= 11 is 0. The van der Waals surface area contributed by atoms with E-state index in [2.05, 4.69) is 44.8 Å². The van der Waals surface area contributed by atoms with Crippen LogP contribution in [0.3, 0.4) is 0 Å². The molecule has 0 saturated carbocycles. The second-order valence-electron chi connectivity index (χ2n) is 6.95. The number of hydrogen-bond donors (Lipinski definition) is 1. The third-order valence-electron chi connectivity index (χ3n) is 5.12. The Kier molecular flexibility index (Phi) is 3.63. The van der Waals surface area contributed by atoms with E-state index in [4.69, 9.17) is 15.1 Å². The van der Waals surface area contributed by atoms with Crippen molar-refractivity contribution in [2.45, 2.75) is 19.8 Å². The Morgan fingerprint density at radius 2 is 1.81 bits per heavy atom. The first kappa shape index (κ1) is 15.9. The summed E-state index contributed by atoms with van der Waals surface area (Å²) in [4.78, 5) is 11.4. The molecular formula is C21H21N5O. The number of aromatic nitrogens is 3. The smallest absolute Gasteiger partial charge is 0.211 e. The lowest BCUT2D eigenvalue weighted by atomic mass is 10.1. The molecule has 6 nitrogen and oxygen atoms in total. The largest absolute Gasteiger partial charge is 0.441 e. The van der Waals surface area contributed by atoms with E-state index in [-0.39, 0.29) is 0 Å². The van der Waals surface area contributed by atoms with Gasteiger partial charge in [-0.15, -0.1) is 0 Å². The van der Waals surface area contributed by atoms with Gasteiger partial charge in [-0.2, -0.15) is 0 Å².